The van der Waals surface area contributed by atoms with Gasteiger partial charge in [0.25, 0.3) is 0 Å². The highest BCUT2D eigenvalue weighted by molar-refractivity contribution is 5.84. The van der Waals surface area contributed by atoms with Gasteiger partial charge in [-0.15, -0.1) is 0 Å². The number of pyridine rings is 1. The van der Waals surface area contributed by atoms with Crippen molar-refractivity contribution in [2.24, 2.45) is 5.73 Å². The number of aromatic nitrogens is 1. The number of carbonyl (C=O) groups excluding carboxylic acids is 1. The van der Waals surface area contributed by atoms with Crippen LogP contribution in [0, 0.1) is 0 Å². The fourth-order valence-electron chi connectivity index (χ4n) is 2.70. The van der Waals surface area contributed by atoms with Crippen molar-refractivity contribution in [2.75, 3.05) is 0 Å². The molecule has 0 saturated carbocycles. The maximum absolute atomic E-state index is 11.8. The minimum Gasteiger partial charge on any atom is -0.369 e. The first-order valence-electron chi connectivity index (χ1n) is 7.86. The Morgan fingerprint density at radius 1 is 1.19 bits per heavy atom. The van der Waals surface area contributed by atoms with Gasteiger partial charge in [0.05, 0.1) is 11.4 Å². The highest BCUT2D eigenvalue weighted by atomic mass is 16.1. The maximum Gasteiger partial charge on any atom is 0.225 e. The number of nitrogens with two attached hydrogens (primary N) is 1. The zero-order chi connectivity index (χ0) is 15.1. The summed E-state index contributed by atoms with van der Waals surface area (Å²) in [5.74, 6) is -0.466. The monoisotopic (exact) mass is 284 g/mol. The molecule has 2 rings (SSSR count). The van der Waals surface area contributed by atoms with Crippen LogP contribution in [-0.4, -0.2) is 10.9 Å². The second kappa shape index (κ2) is 7.77. The second-order valence-corrected chi connectivity index (χ2v) is 5.62. The molecule has 0 fully saturated rings. The van der Waals surface area contributed by atoms with E-state index in [0.717, 1.165) is 29.3 Å². The van der Waals surface area contributed by atoms with Crippen LogP contribution in [0.2, 0.25) is 0 Å². The van der Waals surface area contributed by atoms with Crippen LogP contribution in [0.4, 0.5) is 0 Å². The summed E-state index contributed by atoms with van der Waals surface area (Å²) in [5, 5.41) is 1.06. The Hall–Kier alpha value is -1.90. The predicted octanol–water partition coefficient (Wildman–Crippen LogP) is 4.16. The number of rotatable bonds is 8. The van der Waals surface area contributed by atoms with Gasteiger partial charge in [0.2, 0.25) is 5.91 Å². The van der Waals surface area contributed by atoms with Crippen molar-refractivity contribution >= 4 is 16.8 Å². The van der Waals surface area contributed by atoms with Crippen LogP contribution in [-0.2, 0) is 4.79 Å². The number of benzene rings is 1. The summed E-state index contributed by atoms with van der Waals surface area (Å²) in [6.45, 7) is 2.20. The summed E-state index contributed by atoms with van der Waals surface area (Å²) >= 11 is 0. The summed E-state index contributed by atoms with van der Waals surface area (Å²) in [4.78, 5) is 16.2. The lowest BCUT2D eigenvalue weighted by Crippen LogP contribution is -2.21. The SMILES string of the molecule is CCCCCCCC(C(N)=O)c1cnc2ccccc2c1. The van der Waals surface area contributed by atoms with Crippen LogP contribution < -0.4 is 5.73 Å². The van der Waals surface area contributed by atoms with Crippen molar-refractivity contribution in [2.45, 2.75) is 51.4 Å². The molecular formula is C18H24N2O. The van der Waals surface area contributed by atoms with Crippen molar-refractivity contribution in [3.05, 3.63) is 42.1 Å². The summed E-state index contributed by atoms with van der Waals surface area (Å²) in [5.41, 5.74) is 7.48. The lowest BCUT2D eigenvalue weighted by Gasteiger charge is -2.14. The van der Waals surface area contributed by atoms with Crippen molar-refractivity contribution < 1.29 is 4.79 Å². The molecule has 2 N–H and O–H groups in total. The third-order valence-corrected chi connectivity index (χ3v) is 3.95. The van der Waals surface area contributed by atoms with E-state index in [2.05, 4.69) is 11.9 Å². The zero-order valence-electron chi connectivity index (χ0n) is 12.7. The Morgan fingerprint density at radius 3 is 2.71 bits per heavy atom. The quantitative estimate of drug-likeness (QED) is 0.740. The van der Waals surface area contributed by atoms with Gasteiger partial charge in [-0.05, 0) is 24.1 Å². The smallest absolute Gasteiger partial charge is 0.225 e. The Labute approximate surface area is 126 Å². The van der Waals surface area contributed by atoms with Crippen molar-refractivity contribution in [3.63, 3.8) is 0 Å². The molecular weight excluding hydrogens is 260 g/mol. The van der Waals surface area contributed by atoms with Crippen LogP contribution >= 0.6 is 0 Å². The molecule has 0 aliphatic carbocycles. The van der Waals surface area contributed by atoms with Crippen LogP contribution in [0.25, 0.3) is 10.9 Å². The van der Waals surface area contributed by atoms with Gasteiger partial charge >= 0.3 is 0 Å². The Bertz CT molecular complexity index is 595. The molecule has 3 nitrogen and oxygen atoms in total. The summed E-state index contributed by atoms with van der Waals surface area (Å²) in [7, 11) is 0. The molecule has 1 unspecified atom stereocenters. The molecule has 1 amide bonds. The average Bonchev–Trinajstić information content (AvgIpc) is 2.50. The largest absolute Gasteiger partial charge is 0.369 e. The minimum atomic E-state index is -0.248. The van der Waals surface area contributed by atoms with E-state index in [-0.39, 0.29) is 11.8 Å². The molecule has 0 aliphatic heterocycles. The molecule has 3 heteroatoms. The highest BCUT2D eigenvalue weighted by Crippen LogP contribution is 2.24. The van der Waals surface area contributed by atoms with Crippen molar-refractivity contribution in [3.8, 4) is 0 Å². The van der Waals surface area contributed by atoms with E-state index in [9.17, 15) is 4.79 Å². The van der Waals surface area contributed by atoms with Gasteiger partial charge < -0.3 is 5.73 Å². The zero-order valence-corrected chi connectivity index (χ0v) is 12.7. The summed E-state index contributed by atoms with van der Waals surface area (Å²) in [6.07, 6.45) is 8.55. The van der Waals surface area contributed by atoms with Crippen molar-refractivity contribution in [1.82, 2.24) is 4.98 Å². The number of nitrogens with zero attached hydrogens (tertiary/aromatic N) is 1. The number of unbranched alkanes of at least 4 members (excludes halogenated alkanes) is 4. The third kappa shape index (κ3) is 4.28. The molecule has 0 radical (unpaired) electrons. The molecule has 1 aromatic carbocycles. The van der Waals surface area contributed by atoms with Crippen LogP contribution in [0.1, 0.15) is 56.9 Å². The highest BCUT2D eigenvalue weighted by Gasteiger charge is 2.18. The number of carbonyl (C=O) groups is 1. The molecule has 0 bridgehead atoms. The fraction of sp³-hybridized carbons (Fsp3) is 0.444. The molecule has 0 saturated heterocycles. The molecule has 2 aromatic rings. The lowest BCUT2D eigenvalue weighted by atomic mass is 9.92. The summed E-state index contributed by atoms with van der Waals surface area (Å²) in [6, 6.07) is 9.99. The second-order valence-electron chi connectivity index (χ2n) is 5.62. The van der Waals surface area contributed by atoms with Crippen molar-refractivity contribution in [1.29, 1.82) is 0 Å². The van der Waals surface area contributed by atoms with E-state index >= 15 is 0 Å². The van der Waals surface area contributed by atoms with Gasteiger partial charge in [0, 0.05) is 11.6 Å². The Balaban J connectivity index is 2.07. The third-order valence-electron chi connectivity index (χ3n) is 3.95. The number of primary amides is 1. The lowest BCUT2D eigenvalue weighted by molar-refractivity contribution is -0.119. The van der Waals surface area contributed by atoms with E-state index in [0.29, 0.717) is 0 Å². The van der Waals surface area contributed by atoms with Crippen LogP contribution in [0.3, 0.4) is 0 Å². The minimum absolute atomic E-state index is 0.219. The number of para-hydroxylation sites is 1. The van der Waals surface area contributed by atoms with Gasteiger partial charge in [-0.25, -0.2) is 0 Å². The van der Waals surface area contributed by atoms with Gasteiger partial charge in [-0.1, -0.05) is 57.2 Å². The Kier molecular flexibility index (Phi) is 5.73. The Morgan fingerprint density at radius 2 is 1.95 bits per heavy atom. The van der Waals surface area contributed by atoms with Crippen LogP contribution in [0.5, 0.6) is 0 Å². The first-order valence-corrected chi connectivity index (χ1v) is 7.86. The standard InChI is InChI=1S/C18H24N2O/c1-2-3-4-5-6-10-16(18(19)21)15-12-14-9-7-8-11-17(14)20-13-15/h7-9,11-13,16H,2-6,10H2,1H3,(H2,19,21). The topological polar surface area (TPSA) is 56.0 Å². The van der Waals surface area contributed by atoms with E-state index < -0.39 is 0 Å². The first-order chi connectivity index (χ1) is 10.2. The summed E-state index contributed by atoms with van der Waals surface area (Å²) < 4.78 is 0. The predicted molar refractivity (Wildman–Crippen MR) is 87.1 cm³/mol. The average molecular weight is 284 g/mol. The molecule has 1 atom stereocenters. The number of fused-ring (bicyclic) bond motifs is 1. The molecule has 1 heterocycles. The fourth-order valence-corrected chi connectivity index (χ4v) is 2.70. The maximum atomic E-state index is 11.8. The number of amides is 1. The van der Waals surface area contributed by atoms with E-state index in [1.54, 1.807) is 6.20 Å². The van der Waals surface area contributed by atoms with Crippen LogP contribution in [0.15, 0.2) is 36.5 Å². The number of hydrogen-bond acceptors (Lipinski definition) is 2. The number of hydrogen-bond donors (Lipinski definition) is 1. The van der Waals surface area contributed by atoms with E-state index in [1.807, 2.05) is 30.3 Å². The molecule has 1 aromatic heterocycles. The molecule has 21 heavy (non-hydrogen) atoms. The van der Waals surface area contributed by atoms with Gasteiger partial charge in [0.1, 0.15) is 0 Å². The first kappa shape index (κ1) is 15.5. The molecule has 0 aliphatic rings. The van der Waals surface area contributed by atoms with Gasteiger partial charge in [-0.2, -0.15) is 0 Å². The molecule has 112 valence electrons. The van der Waals surface area contributed by atoms with E-state index in [4.69, 9.17) is 5.73 Å². The van der Waals surface area contributed by atoms with Gasteiger partial charge in [-0.3, -0.25) is 9.78 Å². The molecule has 0 spiro atoms. The normalized spacial score (nSPS) is 12.4. The van der Waals surface area contributed by atoms with Gasteiger partial charge in [0.15, 0.2) is 0 Å². The van der Waals surface area contributed by atoms with E-state index in [1.165, 1.54) is 25.7 Å².